The molecule has 5 heteroatoms. The molecule has 1 heterocycles. The summed E-state index contributed by atoms with van der Waals surface area (Å²) in [6.07, 6.45) is 1.57. The molecule has 2 aromatic rings. The minimum absolute atomic E-state index is 0.153. The highest BCUT2D eigenvalue weighted by Gasteiger charge is 2.06. The number of rotatable bonds is 7. The molecule has 1 amide bonds. The molecule has 0 unspecified atom stereocenters. The normalized spacial score (nSPS) is 10.3. The van der Waals surface area contributed by atoms with Crippen LogP contribution in [0, 0.1) is 0 Å². The van der Waals surface area contributed by atoms with Gasteiger partial charge in [0.25, 0.3) is 5.91 Å². The Balaban J connectivity index is 1.75. The van der Waals surface area contributed by atoms with Crippen LogP contribution in [0.3, 0.4) is 0 Å². The minimum atomic E-state index is -0.153. The van der Waals surface area contributed by atoms with Crippen molar-refractivity contribution in [2.45, 2.75) is 19.9 Å². The standard InChI is InChI=1S/C17H21N3O2/c1-13(2)20-16-9-8-14(12-19-16)17(21)18-10-11-22-15-6-4-3-5-7-15/h3-9,12-13H,10-11H2,1-2H3,(H,18,21)(H,19,20). The molecule has 0 radical (unpaired) electrons. The smallest absolute Gasteiger partial charge is 0.252 e. The molecule has 0 aliphatic heterocycles. The van der Waals surface area contributed by atoms with E-state index < -0.39 is 0 Å². The number of hydrogen-bond acceptors (Lipinski definition) is 4. The van der Waals surface area contributed by atoms with Gasteiger partial charge in [0.05, 0.1) is 12.1 Å². The van der Waals surface area contributed by atoms with E-state index in [9.17, 15) is 4.79 Å². The number of nitrogens with one attached hydrogen (secondary N) is 2. The van der Waals surface area contributed by atoms with Crippen LogP contribution < -0.4 is 15.4 Å². The van der Waals surface area contributed by atoms with Crippen molar-refractivity contribution < 1.29 is 9.53 Å². The van der Waals surface area contributed by atoms with Crippen molar-refractivity contribution in [3.05, 3.63) is 54.2 Å². The maximum absolute atomic E-state index is 12.0. The van der Waals surface area contributed by atoms with Crippen molar-refractivity contribution in [3.63, 3.8) is 0 Å². The Kier molecular flexibility index (Phi) is 5.77. The summed E-state index contributed by atoms with van der Waals surface area (Å²) < 4.78 is 5.51. The van der Waals surface area contributed by atoms with Crippen molar-refractivity contribution >= 4 is 11.7 Å². The first-order valence-corrected chi connectivity index (χ1v) is 7.34. The second-order valence-electron chi connectivity index (χ2n) is 5.15. The van der Waals surface area contributed by atoms with Gasteiger partial charge >= 0.3 is 0 Å². The number of anilines is 1. The van der Waals surface area contributed by atoms with Crippen molar-refractivity contribution in [2.24, 2.45) is 0 Å². The molecule has 2 rings (SSSR count). The highest BCUT2D eigenvalue weighted by Crippen LogP contribution is 2.08. The number of amides is 1. The number of hydrogen-bond donors (Lipinski definition) is 2. The highest BCUT2D eigenvalue weighted by molar-refractivity contribution is 5.94. The zero-order valence-electron chi connectivity index (χ0n) is 12.9. The number of aromatic nitrogens is 1. The lowest BCUT2D eigenvalue weighted by Crippen LogP contribution is -2.28. The van der Waals surface area contributed by atoms with Crippen LogP contribution in [0.25, 0.3) is 0 Å². The second kappa shape index (κ2) is 8.02. The van der Waals surface area contributed by atoms with E-state index in [4.69, 9.17) is 4.74 Å². The van der Waals surface area contributed by atoms with Gasteiger partial charge in [0.15, 0.2) is 0 Å². The number of pyridine rings is 1. The Bertz CT molecular complexity index is 583. The van der Waals surface area contributed by atoms with E-state index in [1.165, 1.54) is 0 Å². The zero-order valence-corrected chi connectivity index (χ0v) is 12.9. The molecule has 0 spiro atoms. The van der Waals surface area contributed by atoms with E-state index in [1.54, 1.807) is 18.3 Å². The van der Waals surface area contributed by atoms with Crippen molar-refractivity contribution in [2.75, 3.05) is 18.5 Å². The van der Waals surface area contributed by atoms with E-state index in [1.807, 2.05) is 44.2 Å². The Hall–Kier alpha value is -2.56. The molecule has 0 fully saturated rings. The maximum Gasteiger partial charge on any atom is 0.252 e. The van der Waals surface area contributed by atoms with Crippen LogP contribution in [-0.4, -0.2) is 30.1 Å². The fourth-order valence-electron chi connectivity index (χ4n) is 1.86. The minimum Gasteiger partial charge on any atom is -0.492 e. The van der Waals surface area contributed by atoms with Gasteiger partial charge in [-0.1, -0.05) is 18.2 Å². The van der Waals surface area contributed by atoms with Gasteiger partial charge in [0, 0.05) is 12.2 Å². The summed E-state index contributed by atoms with van der Waals surface area (Å²) in [6.45, 7) is 4.94. The summed E-state index contributed by atoms with van der Waals surface area (Å²) in [5.74, 6) is 1.40. The van der Waals surface area contributed by atoms with E-state index in [2.05, 4.69) is 15.6 Å². The maximum atomic E-state index is 12.0. The quantitative estimate of drug-likeness (QED) is 0.772. The van der Waals surface area contributed by atoms with Crippen LogP contribution in [0.5, 0.6) is 5.75 Å². The molecule has 5 nitrogen and oxygen atoms in total. The van der Waals surface area contributed by atoms with Gasteiger partial charge in [-0.25, -0.2) is 4.98 Å². The third-order valence-corrected chi connectivity index (χ3v) is 2.86. The van der Waals surface area contributed by atoms with Crippen LogP contribution in [0.15, 0.2) is 48.7 Å². The molecule has 1 aromatic heterocycles. The van der Waals surface area contributed by atoms with Crippen LogP contribution in [-0.2, 0) is 0 Å². The summed E-state index contributed by atoms with van der Waals surface area (Å²) in [4.78, 5) is 16.2. The summed E-state index contributed by atoms with van der Waals surface area (Å²) in [5.41, 5.74) is 0.536. The Labute approximate surface area is 130 Å². The van der Waals surface area contributed by atoms with E-state index in [0.29, 0.717) is 24.8 Å². The molecule has 0 bridgehead atoms. The predicted molar refractivity (Wildman–Crippen MR) is 87.3 cm³/mol. The molecule has 1 aromatic carbocycles. The monoisotopic (exact) mass is 299 g/mol. The van der Waals surface area contributed by atoms with E-state index in [0.717, 1.165) is 11.6 Å². The third kappa shape index (κ3) is 5.09. The van der Waals surface area contributed by atoms with Crippen molar-refractivity contribution in [1.29, 1.82) is 0 Å². The molecule has 0 aliphatic carbocycles. The average Bonchev–Trinajstić information content (AvgIpc) is 2.52. The first-order chi connectivity index (χ1) is 10.6. The van der Waals surface area contributed by atoms with Gasteiger partial charge < -0.3 is 15.4 Å². The van der Waals surface area contributed by atoms with Gasteiger partial charge in [-0.15, -0.1) is 0 Å². The fraction of sp³-hybridized carbons (Fsp3) is 0.294. The third-order valence-electron chi connectivity index (χ3n) is 2.86. The second-order valence-corrected chi connectivity index (χ2v) is 5.15. The number of para-hydroxylation sites is 1. The first-order valence-electron chi connectivity index (χ1n) is 7.34. The van der Waals surface area contributed by atoms with Crippen LogP contribution >= 0.6 is 0 Å². The lowest BCUT2D eigenvalue weighted by atomic mass is 10.2. The molecular weight excluding hydrogens is 278 g/mol. The molecule has 0 aliphatic rings. The number of carbonyl (C=O) groups is 1. The van der Waals surface area contributed by atoms with Crippen molar-refractivity contribution in [3.8, 4) is 5.75 Å². The lowest BCUT2D eigenvalue weighted by Gasteiger charge is -2.10. The van der Waals surface area contributed by atoms with Gasteiger partial charge in [-0.2, -0.15) is 0 Å². The Morgan fingerprint density at radius 3 is 2.59 bits per heavy atom. The summed E-state index contributed by atoms with van der Waals surface area (Å²) >= 11 is 0. The van der Waals surface area contributed by atoms with Crippen molar-refractivity contribution in [1.82, 2.24) is 10.3 Å². The van der Waals surface area contributed by atoms with Gasteiger partial charge in [-0.05, 0) is 38.1 Å². The van der Waals surface area contributed by atoms with Crippen LogP contribution in [0.4, 0.5) is 5.82 Å². The summed E-state index contributed by atoms with van der Waals surface area (Å²) in [7, 11) is 0. The fourth-order valence-corrected chi connectivity index (χ4v) is 1.86. The molecule has 22 heavy (non-hydrogen) atoms. The van der Waals surface area contributed by atoms with E-state index in [-0.39, 0.29) is 5.91 Å². The van der Waals surface area contributed by atoms with Crippen LogP contribution in [0.2, 0.25) is 0 Å². The van der Waals surface area contributed by atoms with Gasteiger partial charge in [-0.3, -0.25) is 4.79 Å². The number of ether oxygens (including phenoxy) is 1. The largest absolute Gasteiger partial charge is 0.492 e. The number of nitrogens with zero attached hydrogens (tertiary/aromatic N) is 1. The molecule has 0 atom stereocenters. The summed E-state index contributed by atoms with van der Waals surface area (Å²) in [5, 5.41) is 5.98. The topological polar surface area (TPSA) is 63.2 Å². The average molecular weight is 299 g/mol. The molecule has 2 N–H and O–H groups in total. The molecule has 116 valence electrons. The summed E-state index contributed by atoms with van der Waals surface area (Å²) in [6, 6.07) is 13.4. The predicted octanol–water partition coefficient (Wildman–Crippen LogP) is 2.71. The zero-order chi connectivity index (χ0) is 15.8. The number of benzene rings is 1. The SMILES string of the molecule is CC(C)Nc1ccc(C(=O)NCCOc2ccccc2)cn1. The molecule has 0 saturated heterocycles. The Morgan fingerprint density at radius 1 is 1.18 bits per heavy atom. The van der Waals surface area contributed by atoms with E-state index >= 15 is 0 Å². The highest BCUT2D eigenvalue weighted by atomic mass is 16.5. The van der Waals surface area contributed by atoms with Gasteiger partial charge in [0.2, 0.25) is 0 Å². The van der Waals surface area contributed by atoms with Crippen LogP contribution in [0.1, 0.15) is 24.2 Å². The molecule has 0 saturated carbocycles. The Morgan fingerprint density at radius 2 is 1.95 bits per heavy atom. The number of carbonyl (C=O) groups excluding carboxylic acids is 1. The first kappa shape index (κ1) is 15.8. The van der Waals surface area contributed by atoms with Gasteiger partial charge in [0.1, 0.15) is 18.2 Å². The lowest BCUT2D eigenvalue weighted by molar-refractivity contribution is 0.0946. The molecular formula is C17H21N3O2.